The van der Waals surface area contributed by atoms with Crippen molar-refractivity contribution < 1.29 is 19.1 Å². The molecule has 158 valence electrons. The van der Waals surface area contributed by atoms with E-state index in [1.54, 1.807) is 18.3 Å². The highest BCUT2D eigenvalue weighted by atomic mass is 35.5. The van der Waals surface area contributed by atoms with Crippen molar-refractivity contribution >= 4 is 35.6 Å². The Bertz CT molecular complexity index is 656. The van der Waals surface area contributed by atoms with Crippen LogP contribution in [-0.4, -0.2) is 49.3 Å². The first-order valence-electron chi connectivity index (χ1n) is 9.86. The topological polar surface area (TPSA) is 104 Å². The molecule has 2 heterocycles. The Hall–Kier alpha value is -1.22. The number of aromatic nitrogens is 1. The van der Waals surface area contributed by atoms with E-state index >= 15 is 0 Å². The first kappa shape index (κ1) is 23.1. The highest BCUT2D eigenvalue weighted by molar-refractivity contribution is 7.12. The maximum absolute atomic E-state index is 11.9. The standard InChI is InChI=1S/C19H29N3O4S.ClH/c1-2-25-15(23)11-26-14-5-3-12(4-6-14)17-16(18(20)24)22-19(27-17)13-7-9-21-10-8-13;/h12-14,21H,2-11H2,1H3,(H2,20,24);1H. The lowest BCUT2D eigenvalue weighted by Gasteiger charge is -2.28. The van der Waals surface area contributed by atoms with Gasteiger partial charge in [0.15, 0.2) is 0 Å². The predicted molar refractivity (Wildman–Crippen MR) is 110 cm³/mol. The molecule has 7 nitrogen and oxygen atoms in total. The molecule has 0 radical (unpaired) electrons. The Morgan fingerprint density at radius 2 is 1.82 bits per heavy atom. The highest BCUT2D eigenvalue weighted by Crippen LogP contribution is 2.41. The summed E-state index contributed by atoms with van der Waals surface area (Å²) in [5.74, 6) is -0.0258. The number of ether oxygens (including phenoxy) is 2. The molecule has 1 saturated carbocycles. The smallest absolute Gasteiger partial charge is 0.332 e. The summed E-state index contributed by atoms with van der Waals surface area (Å²) in [7, 11) is 0. The van der Waals surface area contributed by atoms with Crippen molar-refractivity contribution in [3.05, 3.63) is 15.6 Å². The first-order chi connectivity index (χ1) is 13.1. The van der Waals surface area contributed by atoms with Crippen molar-refractivity contribution in [3.8, 4) is 0 Å². The summed E-state index contributed by atoms with van der Waals surface area (Å²) < 4.78 is 10.6. The second-order valence-corrected chi connectivity index (χ2v) is 8.31. The molecular formula is C19H30ClN3O4S. The van der Waals surface area contributed by atoms with Crippen LogP contribution in [0.1, 0.15) is 77.7 Å². The van der Waals surface area contributed by atoms with E-state index in [4.69, 9.17) is 15.2 Å². The van der Waals surface area contributed by atoms with Gasteiger partial charge in [0.05, 0.1) is 17.7 Å². The lowest BCUT2D eigenvalue weighted by Crippen LogP contribution is -2.26. The van der Waals surface area contributed by atoms with Crippen LogP contribution in [0.2, 0.25) is 0 Å². The van der Waals surface area contributed by atoms with Gasteiger partial charge in [0, 0.05) is 10.8 Å². The number of carbonyl (C=O) groups is 2. The van der Waals surface area contributed by atoms with Gasteiger partial charge in [-0.3, -0.25) is 4.79 Å². The molecule has 0 bridgehead atoms. The maximum Gasteiger partial charge on any atom is 0.332 e. The fourth-order valence-electron chi connectivity index (χ4n) is 3.93. The fourth-order valence-corrected chi connectivity index (χ4v) is 5.34. The molecule has 28 heavy (non-hydrogen) atoms. The highest BCUT2D eigenvalue weighted by Gasteiger charge is 2.30. The van der Waals surface area contributed by atoms with E-state index in [1.807, 2.05) is 0 Å². The Labute approximate surface area is 176 Å². The molecule has 1 aromatic rings. The van der Waals surface area contributed by atoms with Crippen molar-refractivity contribution in [2.24, 2.45) is 5.73 Å². The number of nitrogens with zero attached hydrogens (tertiary/aromatic N) is 1. The first-order valence-corrected chi connectivity index (χ1v) is 10.7. The number of hydrogen-bond donors (Lipinski definition) is 2. The van der Waals surface area contributed by atoms with Gasteiger partial charge in [-0.1, -0.05) is 0 Å². The fraction of sp³-hybridized carbons (Fsp3) is 0.737. The Morgan fingerprint density at radius 1 is 1.14 bits per heavy atom. The number of halogens is 1. The van der Waals surface area contributed by atoms with Gasteiger partial charge >= 0.3 is 5.97 Å². The lowest BCUT2D eigenvalue weighted by atomic mass is 9.85. The van der Waals surface area contributed by atoms with Crippen LogP contribution in [0.3, 0.4) is 0 Å². The van der Waals surface area contributed by atoms with Gasteiger partial charge in [-0.25, -0.2) is 9.78 Å². The lowest BCUT2D eigenvalue weighted by molar-refractivity contribution is -0.151. The minimum atomic E-state index is -0.429. The van der Waals surface area contributed by atoms with E-state index < -0.39 is 5.91 Å². The van der Waals surface area contributed by atoms with Gasteiger partial charge < -0.3 is 20.5 Å². The minimum Gasteiger partial charge on any atom is -0.464 e. The molecule has 1 amide bonds. The normalized spacial score (nSPS) is 23.0. The number of hydrogen-bond acceptors (Lipinski definition) is 7. The van der Waals surface area contributed by atoms with Gasteiger partial charge in [-0.15, -0.1) is 23.7 Å². The zero-order valence-electron chi connectivity index (χ0n) is 16.3. The Balaban J connectivity index is 0.00000280. The SMILES string of the molecule is CCOC(=O)COC1CCC(c2sc(C3CCNCC3)nc2C(N)=O)CC1.Cl. The third-order valence-corrected chi connectivity index (χ3v) is 6.76. The number of thiazole rings is 1. The molecule has 3 rings (SSSR count). The molecule has 2 fully saturated rings. The molecule has 1 aromatic heterocycles. The van der Waals surface area contributed by atoms with E-state index in [0.717, 1.165) is 61.5 Å². The maximum atomic E-state index is 11.9. The van der Waals surface area contributed by atoms with E-state index in [1.165, 1.54) is 0 Å². The van der Waals surface area contributed by atoms with E-state index in [2.05, 4.69) is 10.3 Å². The third kappa shape index (κ3) is 5.89. The molecule has 2 aliphatic rings. The molecular weight excluding hydrogens is 402 g/mol. The number of esters is 1. The van der Waals surface area contributed by atoms with E-state index in [-0.39, 0.29) is 31.1 Å². The summed E-state index contributed by atoms with van der Waals surface area (Å²) in [4.78, 5) is 29.0. The van der Waals surface area contributed by atoms with E-state index in [9.17, 15) is 9.59 Å². The molecule has 9 heteroatoms. The summed E-state index contributed by atoms with van der Waals surface area (Å²) in [6, 6.07) is 0. The van der Waals surface area contributed by atoms with E-state index in [0.29, 0.717) is 24.1 Å². The summed E-state index contributed by atoms with van der Waals surface area (Å²) in [6.45, 7) is 4.15. The monoisotopic (exact) mass is 431 g/mol. The number of amides is 1. The van der Waals surface area contributed by atoms with Gasteiger partial charge in [-0.2, -0.15) is 0 Å². The van der Waals surface area contributed by atoms with Crippen LogP contribution in [0, 0.1) is 0 Å². The molecule has 1 saturated heterocycles. The Kier molecular flexibility index (Phi) is 9.14. The Morgan fingerprint density at radius 3 is 2.43 bits per heavy atom. The number of rotatable bonds is 7. The van der Waals surface area contributed by atoms with Crippen molar-refractivity contribution in [1.29, 1.82) is 0 Å². The number of carbonyl (C=O) groups excluding carboxylic acids is 2. The summed E-state index contributed by atoms with van der Waals surface area (Å²) in [5, 5.41) is 4.42. The summed E-state index contributed by atoms with van der Waals surface area (Å²) in [6.07, 6.45) is 5.74. The zero-order valence-corrected chi connectivity index (χ0v) is 17.9. The number of piperidine rings is 1. The number of nitrogens with one attached hydrogen (secondary N) is 1. The summed E-state index contributed by atoms with van der Waals surface area (Å²) in [5.41, 5.74) is 6.08. The van der Waals surface area contributed by atoms with Crippen LogP contribution in [0.15, 0.2) is 0 Å². The van der Waals surface area contributed by atoms with Crippen LogP contribution in [-0.2, 0) is 14.3 Å². The minimum absolute atomic E-state index is 0. The molecule has 0 atom stereocenters. The van der Waals surface area contributed by atoms with Gasteiger partial charge in [0.2, 0.25) is 0 Å². The quantitative estimate of drug-likeness (QED) is 0.643. The van der Waals surface area contributed by atoms with Crippen LogP contribution in [0.5, 0.6) is 0 Å². The van der Waals surface area contributed by atoms with Gasteiger partial charge in [0.1, 0.15) is 12.3 Å². The average Bonchev–Trinajstić information content (AvgIpc) is 3.13. The zero-order chi connectivity index (χ0) is 19.2. The van der Waals surface area contributed by atoms with Gasteiger partial charge in [-0.05, 0) is 64.5 Å². The number of primary amides is 1. The molecule has 0 spiro atoms. The summed E-state index contributed by atoms with van der Waals surface area (Å²) >= 11 is 1.67. The van der Waals surface area contributed by atoms with Crippen LogP contribution >= 0.6 is 23.7 Å². The molecule has 0 unspecified atom stereocenters. The molecule has 1 aliphatic heterocycles. The van der Waals surface area contributed by atoms with Crippen molar-refractivity contribution in [1.82, 2.24) is 10.3 Å². The molecule has 3 N–H and O–H groups in total. The largest absolute Gasteiger partial charge is 0.464 e. The average molecular weight is 432 g/mol. The molecule has 1 aliphatic carbocycles. The second-order valence-electron chi connectivity index (χ2n) is 7.24. The predicted octanol–water partition coefficient (Wildman–Crippen LogP) is 2.74. The van der Waals surface area contributed by atoms with Crippen molar-refractivity contribution in [2.75, 3.05) is 26.3 Å². The van der Waals surface area contributed by atoms with Crippen LogP contribution < -0.4 is 11.1 Å². The third-order valence-electron chi connectivity index (χ3n) is 5.38. The number of nitrogens with two attached hydrogens (primary N) is 1. The molecule has 0 aromatic carbocycles. The second kappa shape index (κ2) is 11.1. The van der Waals surface area contributed by atoms with Crippen molar-refractivity contribution in [2.45, 2.75) is 63.4 Å². The van der Waals surface area contributed by atoms with Gasteiger partial charge in [0.25, 0.3) is 5.91 Å². The van der Waals surface area contributed by atoms with Crippen LogP contribution in [0.25, 0.3) is 0 Å². The van der Waals surface area contributed by atoms with Crippen molar-refractivity contribution in [3.63, 3.8) is 0 Å². The van der Waals surface area contributed by atoms with Crippen LogP contribution in [0.4, 0.5) is 0 Å².